The van der Waals surface area contributed by atoms with Gasteiger partial charge in [0.05, 0.1) is 19.9 Å². The van der Waals surface area contributed by atoms with Gasteiger partial charge in [-0.15, -0.1) is 11.3 Å². The average Bonchev–Trinajstić information content (AvgIpc) is 3.21. The molecule has 4 rings (SSSR count). The van der Waals surface area contributed by atoms with E-state index >= 15 is 0 Å². The van der Waals surface area contributed by atoms with E-state index in [1.807, 2.05) is 0 Å². The largest absolute Gasteiger partial charge is 0.497 e. The van der Waals surface area contributed by atoms with Crippen molar-refractivity contribution >= 4 is 39.9 Å². The maximum atomic E-state index is 12.4. The first-order valence-electron chi connectivity index (χ1n) is 10.4. The molecule has 0 saturated heterocycles. The van der Waals surface area contributed by atoms with E-state index in [0.717, 1.165) is 34.9 Å². The lowest BCUT2D eigenvalue weighted by Gasteiger charge is -2.22. The van der Waals surface area contributed by atoms with Crippen LogP contribution in [0.3, 0.4) is 0 Å². The van der Waals surface area contributed by atoms with Crippen molar-refractivity contribution in [2.75, 3.05) is 30.2 Å². The fraction of sp³-hybridized carbons (Fsp3) is 0.261. The van der Waals surface area contributed by atoms with Gasteiger partial charge in [-0.1, -0.05) is 0 Å². The van der Waals surface area contributed by atoms with Crippen molar-refractivity contribution in [3.8, 4) is 11.5 Å². The molecule has 0 spiro atoms. The molecule has 3 aromatic rings. The summed E-state index contributed by atoms with van der Waals surface area (Å²) in [5.41, 5.74) is 2.31. The first-order valence-corrected chi connectivity index (χ1v) is 11.3. The van der Waals surface area contributed by atoms with E-state index in [-0.39, 0.29) is 18.1 Å². The fourth-order valence-electron chi connectivity index (χ4n) is 3.51. The minimum Gasteiger partial charge on any atom is -0.497 e. The van der Waals surface area contributed by atoms with Crippen molar-refractivity contribution < 1.29 is 19.1 Å². The molecule has 0 radical (unpaired) electrons. The normalized spacial score (nSPS) is 14.5. The van der Waals surface area contributed by atoms with Crippen LogP contribution in [0.2, 0.25) is 0 Å². The van der Waals surface area contributed by atoms with Crippen molar-refractivity contribution in [2.24, 2.45) is 0 Å². The van der Waals surface area contributed by atoms with E-state index in [9.17, 15) is 9.59 Å². The highest BCUT2D eigenvalue weighted by Gasteiger charge is 2.24. The minimum atomic E-state index is -0.361. The van der Waals surface area contributed by atoms with E-state index < -0.39 is 0 Å². The number of fused-ring (bicyclic) bond motifs is 1. The standard InChI is InChI=1S/C23H25N5O4S/c1-31-17-8-3-14(4-9-17)24-21(29)26-16-7-12-19-20(13-16)33-23(27-19)28-22(30)25-15-5-10-18(32-2)11-6-15/h3-6,8-11,16H,7,12-13H2,1-2H3,(H2,24,26,29)(H2,25,27,28,30). The van der Waals surface area contributed by atoms with Crippen LogP contribution < -0.4 is 30.7 Å². The highest BCUT2D eigenvalue weighted by atomic mass is 32.1. The Morgan fingerprint density at radius 1 is 0.879 bits per heavy atom. The molecule has 1 aliphatic carbocycles. The third-order valence-corrected chi connectivity index (χ3v) is 6.23. The number of thiazole rings is 1. The minimum absolute atomic E-state index is 0.00262. The molecule has 9 nitrogen and oxygen atoms in total. The number of aromatic nitrogens is 1. The number of hydrogen-bond acceptors (Lipinski definition) is 6. The summed E-state index contributed by atoms with van der Waals surface area (Å²) in [7, 11) is 3.19. The second-order valence-corrected chi connectivity index (χ2v) is 8.55. The van der Waals surface area contributed by atoms with Crippen molar-refractivity contribution in [1.82, 2.24) is 10.3 Å². The smallest absolute Gasteiger partial charge is 0.325 e. The Bertz CT molecular complexity index is 1110. The van der Waals surface area contributed by atoms with Gasteiger partial charge in [-0.25, -0.2) is 14.6 Å². The summed E-state index contributed by atoms with van der Waals surface area (Å²) in [4.78, 5) is 30.3. The maximum Gasteiger partial charge on any atom is 0.325 e. The number of nitrogens with one attached hydrogen (secondary N) is 4. The molecule has 2 aromatic carbocycles. The fourth-order valence-corrected chi connectivity index (χ4v) is 4.60. The molecular formula is C23H25N5O4S. The van der Waals surface area contributed by atoms with Crippen LogP contribution in [0.1, 0.15) is 17.0 Å². The van der Waals surface area contributed by atoms with Gasteiger partial charge in [-0.05, 0) is 61.4 Å². The molecule has 1 aromatic heterocycles. The second-order valence-electron chi connectivity index (χ2n) is 7.46. The Kier molecular flexibility index (Phi) is 6.94. The number of anilines is 3. The number of amides is 4. The number of rotatable bonds is 6. The number of methoxy groups -OCH3 is 2. The lowest BCUT2D eigenvalue weighted by molar-refractivity contribution is 0.247. The molecule has 4 N–H and O–H groups in total. The van der Waals surface area contributed by atoms with E-state index in [1.54, 1.807) is 62.8 Å². The molecule has 0 fully saturated rings. The molecule has 1 aliphatic rings. The first-order chi connectivity index (χ1) is 16.0. The van der Waals surface area contributed by atoms with Gasteiger partial charge in [-0.3, -0.25) is 5.32 Å². The summed E-state index contributed by atoms with van der Waals surface area (Å²) < 4.78 is 10.2. The summed E-state index contributed by atoms with van der Waals surface area (Å²) in [5, 5.41) is 12.0. The molecule has 1 atom stereocenters. The molecule has 33 heavy (non-hydrogen) atoms. The van der Waals surface area contributed by atoms with Gasteiger partial charge in [-0.2, -0.15) is 0 Å². The van der Waals surface area contributed by atoms with Crippen molar-refractivity contribution in [2.45, 2.75) is 25.3 Å². The van der Waals surface area contributed by atoms with Crippen LogP contribution in [0, 0.1) is 0 Å². The molecule has 1 heterocycles. The van der Waals surface area contributed by atoms with Gasteiger partial charge in [0.25, 0.3) is 0 Å². The van der Waals surface area contributed by atoms with Gasteiger partial charge in [0.15, 0.2) is 5.13 Å². The average molecular weight is 468 g/mol. The predicted octanol–water partition coefficient (Wildman–Crippen LogP) is 4.48. The summed E-state index contributed by atoms with van der Waals surface area (Å²) >= 11 is 1.43. The zero-order valence-corrected chi connectivity index (χ0v) is 19.1. The summed E-state index contributed by atoms with van der Waals surface area (Å²) in [5.74, 6) is 1.45. The van der Waals surface area contributed by atoms with Crippen LogP contribution in [0.5, 0.6) is 11.5 Å². The topological polar surface area (TPSA) is 114 Å². The molecule has 172 valence electrons. The Balaban J connectivity index is 1.28. The highest BCUT2D eigenvalue weighted by molar-refractivity contribution is 7.15. The molecule has 4 amide bonds. The number of nitrogens with zero attached hydrogens (tertiary/aromatic N) is 1. The third kappa shape index (κ3) is 5.92. The number of urea groups is 2. The Hall–Kier alpha value is -3.79. The van der Waals surface area contributed by atoms with Gasteiger partial charge in [0.1, 0.15) is 11.5 Å². The number of carbonyl (C=O) groups excluding carboxylic acids is 2. The quantitative estimate of drug-likeness (QED) is 0.427. The molecule has 0 aliphatic heterocycles. The zero-order valence-electron chi connectivity index (χ0n) is 18.3. The predicted molar refractivity (Wildman–Crippen MR) is 129 cm³/mol. The Labute approximate surface area is 195 Å². The molecule has 10 heteroatoms. The first kappa shape index (κ1) is 22.4. The second kappa shape index (κ2) is 10.2. The zero-order chi connectivity index (χ0) is 23.2. The van der Waals surface area contributed by atoms with Gasteiger partial charge >= 0.3 is 12.1 Å². The van der Waals surface area contributed by atoms with Gasteiger partial charge in [0, 0.05) is 28.7 Å². The van der Waals surface area contributed by atoms with Crippen LogP contribution in [0.15, 0.2) is 48.5 Å². The maximum absolute atomic E-state index is 12.4. The SMILES string of the molecule is COc1ccc(NC(=O)Nc2nc3c(s2)CC(NC(=O)Nc2ccc(OC)cc2)CC3)cc1. The molecule has 0 bridgehead atoms. The van der Waals surface area contributed by atoms with Crippen LogP contribution in [0.25, 0.3) is 0 Å². The number of hydrogen-bond donors (Lipinski definition) is 4. The monoisotopic (exact) mass is 467 g/mol. The Morgan fingerprint density at radius 3 is 2.03 bits per heavy atom. The van der Waals surface area contributed by atoms with Crippen molar-refractivity contribution in [3.63, 3.8) is 0 Å². The number of ether oxygens (including phenoxy) is 2. The van der Waals surface area contributed by atoms with Crippen LogP contribution in [-0.2, 0) is 12.8 Å². The summed E-state index contributed by atoms with van der Waals surface area (Å²) in [6.07, 6.45) is 2.19. The Morgan fingerprint density at radius 2 is 1.45 bits per heavy atom. The van der Waals surface area contributed by atoms with E-state index in [4.69, 9.17) is 9.47 Å². The molecule has 1 unspecified atom stereocenters. The van der Waals surface area contributed by atoms with Crippen LogP contribution in [0.4, 0.5) is 26.1 Å². The van der Waals surface area contributed by atoms with E-state index in [1.165, 1.54) is 11.3 Å². The van der Waals surface area contributed by atoms with E-state index in [0.29, 0.717) is 22.9 Å². The number of benzene rings is 2. The summed E-state index contributed by atoms with van der Waals surface area (Å²) in [6, 6.07) is 13.6. The highest BCUT2D eigenvalue weighted by Crippen LogP contribution is 2.30. The molecule has 0 saturated carbocycles. The summed E-state index contributed by atoms with van der Waals surface area (Å²) in [6.45, 7) is 0. The van der Waals surface area contributed by atoms with Crippen LogP contribution >= 0.6 is 11.3 Å². The third-order valence-electron chi connectivity index (χ3n) is 5.19. The number of aryl methyl sites for hydroxylation is 1. The lowest BCUT2D eigenvalue weighted by Crippen LogP contribution is -2.41. The molecular weight excluding hydrogens is 442 g/mol. The van der Waals surface area contributed by atoms with Crippen LogP contribution in [-0.4, -0.2) is 37.3 Å². The van der Waals surface area contributed by atoms with Gasteiger partial charge < -0.3 is 25.4 Å². The number of carbonyl (C=O) groups is 2. The van der Waals surface area contributed by atoms with Crippen molar-refractivity contribution in [1.29, 1.82) is 0 Å². The van der Waals surface area contributed by atoms with Gasteiger partial charge in [0.2, 0.25) is 0 Å². The lowest BCUT2D eigenvalue weighted by atomic mass is 9.98. The van der Waals surface area contributed by atoms with Crippen molar-refractivity contribution in [3.05, 3.63) is 59.1 Å². The van der Waals surface area contributed by atoms with E-state index in [2.05, 4.69) is 26.3 Å².